The number of amides is 3. The predicted octanol–water partition coefficient (Wildman–Crippen LogP) is 4.65. The second-order valence-electron chi connectivity index (χ2n) is 9.32. The number of rotatable bonds is 8. The number of aromatic nitrogens is 1. The minimum absolute atomic E-state index is 0.0212. The van der Waals surface area contributed by atoms with E-state index < -0.39 is 35.4 Å². The Balaban J connectivity index is 1.50. The van der Waals surface area contributed by atoms with Crippen LogP contribution in [0.4, 0.5) is 14.5 Å². The molecular weight excluding hydrogens is 502 g/mol. The lowest BCUT2D eigenvalue weighted by molar-refractivity contribution is -0.125. The van der Waals surface area contributed by atoms with Gasteiger partial charge >= 0.3 is 0 Å². The Labute approximate surface area is 223 Å². The molecule has 0 bridgehead atoms. The van der Waals surface area contributed by atoms with Gasteiger partial charge in [-0.1, -0.05) is 36.4 Å². The van der Waals surface area contributed by atoms with E-state index in [2.05, 4.69) is 15.6 Å². The van der Waals surface area contributed by atoms with Crippen LogP contribution < -0.4 is 16.4 Å². The third-order valence-corrected chi connectivity index (χ3v) is 6.62. The van der Waals surface area contributed by atoms with E-state index in [9.17, 15) is 23.2 Å². The summed E-state index contributed by atoms with van der Waals surface area (Å²) in [6.07, 6.45) is 1.44. The van der Waals surface area contributed by atoms with Crippen molar-refractivity contribution >= 4 is 23.4 Å². The molecule has 0 aliphatic carbocycles. The van der Waals surface area contributed by atoms with E-state index in [0.29, 0.717) is 33.6 Å². The molecule has 196 valence electrons. The first-order valence-corrected chi connectivity index (χ1v) is 12.3. The summed E-state index contributed by atoms with van der Waals surface area (Å²) in [5.74, 6) is -3.48. The smallest absolute Gasteiger partial charge is 0.248 e. The fourth-order valence-electron chi connectivity index (χ4n) is 4.88. The van der Waals surface area contributed by atoms with Gasteiger partial charge in [-0.25, -0.2) is 8.78 Å². The van der Waals surface area contributed by atoms with Crippen LogP contribution >= 0.6 is 0 Å². The molecule has 1 aliphatic rings. The van der Waals surface area contributed by atoms with Gasteiger partial charge in [0.2, 0.25) is 17.7 Å². The molecule has 0 unspecified atom stereocenters. The van der Waals surface area contributed by atoms with Crippen LogP contribution in [0.15, 0.2) is 85.1 Å². The molecule has 3 aromatic carbocycles. The van der Waals surface area contributed by atoms with Gasteiger partial charge in [0.1, 0.15) is 11.6 Å². The Kier molecular flexibility index (Phi) is 7.14. The predicted molar refractivity (Wildman–Crippen MR) is 142 cm³/mol. The molecule has 0 saturated carbocycles. The number of anilines is 1. The van der Waals surface area contributed by atoms with Crippen LogP contribution in [-0.4, -0.2) is 22.7 Å². The number of primary amides is 1. The second-order valence-corrected chi connectivity index (χ2v) is 9.32. The van der Waals surface area contributed by atoms with E-state index in [1.807, 2.05) is 0 Å². The van der Waals surface area contributed by atoms with Crippen molar-refractivity contribution in [1.82, 2.24) is 10.3 Å². The number of halogens is 2. The van der Waals surface area contributed by atoms with E-state index in [0.717, 1.165) is 11.6 Å². The largest absolute Gasteiger partial charge is 0.366 e. The quantitative estimate of drug-likeness (QED) is 0.310. The molecule has 1 aliphatic heterocycles. The van der Waals surface area contributed by atoms with Gasteiger partial charge < -0.3 is 16.4 Å². The molecule has 7 nitrogen and oxygen atoms in total. The minimum Gasteiger partial charge on any atom is -0.366 e. The number of fused-ring (bicyclic) bond motifs is 1. The summed E-state index contributed by atoms with van der Waals surface area (Å²) < 4.78 is 28.1. The van der Waals surface area contributed by atoms with E-state index in [1.165, 1.54) is 12.1 Å². The zero-order valence-electron chi connectivity index (χ0n) is 20.7. The summed E-state index contributed by atoms with van der Waals surface area (Å²) >= 11 is 0. The van der Waals surface area contributed by atoms with Crippen molar-refractivity contribution in [3.05, 3.63) is 119 Å². The fourth-order valence-corrected chi connectivity index (χ4v) is 4.88. The Morgan fingerprint density at radius 1 is 0.974 bits per heavy atom. The lowest BCUT2D eigenvalue weighted by Gasteiger charge is -2.22. The molecule has 0 fully saturated rings. The van der Waals surface area contributed by atoms with E-state index >= 15 is 0 Å². The van der Waals surface area contributed by atoms with Crippen molar-refractivity contribution in [2.24, 2.45) is 5.73 Å². The van der Waals surface area contributed by atoms with Crippen LogP contribution in [0.5, 0.6) is 0 Å². The number of nitrogens with two attached hydrogens (primary N) is 1. The molecule has 0 radical (unpaired) electrons. The van der Waals surface area contributed by atoms with Crippen LogP contribution in [0.3, 0.4) is 0 Å². The molecular formula is C30H24F2N4O3. The van der Waals surface area contributed by atoms with Crippen LogP contribution in [0.1, 0.15) is 45.6 Å². The average Bonchev–Trinajstić information content (AvgIpc) is 3.22. The molecule has 0 spiro atoms. The lowest BCUT2D eigenvalue weighted by atomic mass is 9.93. The van der Waals surface area contributed by atoms with Crippen molar-refractivity contribution in [1.29, 1.82) is 0 Å². The highest BCUT2D eigenvalue weighted by molar-refractivity contribution is 6.05. The summed E-state index contributed by atoms with van der Waals surface area (Å²) in [5.41, 5.74) is 9.11. The van der Waals surface area contributed by atoms with Crippen LogP contribution in [-0.2, 0) is 16.0 Å². The first kappa shape index (κ1) is 25.7. The number of nitrogens with one attached hydrogen (secondary N) is 2. The Bertz CT molecular complexity index is 1570. The van der Waals surface area contributed by atoms with Gasteiger partial charge in [-0.2, -0.15) is 0 Å². The van der Waals surface area contributed by atoms with Crippen molar-refractivity contribution in [3.8, 4) is 11.1 Å². The third kappa shape index (κ3) is 5.67. The SMILES string of the molecule is NC(=O)c1cccc(-c2cccnc2[C@H](Cc2cc(F)cc(F)c2)NC(=O)C[C@@H]2C(=O)Nc3ccccc32)c1. The van der Waals surface area contributed by atoms with Gasteiger partial charge in [-0.05, 0) is 59.5 Å². The highest BCUT2D eigenvalue weighted by Gasteiger charge is 2.33. The summed E-state index contributed by atoms with van der Waals surface area (Å²) in [6.45, 7) is 0. The summed E-state index contributed by atoms with van der Waals surface area (Å²) in [5, 5.41) is 5.71. The number of carbonyl (C=O) groups is 3. The minimum atomic E-state index is -0.813. The molecule has 4 N–H and O–H groups in total. The number of benzene rings is 3. The van der Waals surface area contributed by atoms with Gasteiger partial charge in [0, 0.05) is 35.5 Å². The zero-order chi connectivity index (χ0) is 27.5. The van der Waals surface area contributed by atoms with Gasteiger partial charge in [0.15, 0.2) is 0 Å². The number of hydrogen-bond donors (Lipinski definition) is 3. The number of para-hydroxylation sites is 1. The highest BCUT2D eigenvalue weighted by Crippen LogP contribution is 2.35. The molecule has 1 aromatic heterocycles. The van der Waals surface area contributed by atoms with Crippen molar-refractivity contribution in [2.45, 2.75) is 24.8 Å². The van der Waals surface area contributed by atoms with E-state index in [4.69, 9.17) is 5.73 Å². The second kappa shape index (κ2) is 10.8. The normalized spacial score (nSPS) is 14.8. The Morgan fingerprint density at radius 2 is 1.74 bits per heavy atom. The molecule has 9 heteroatoms. The lowest BCUT2D eigenvalue weighted by Crippen LogP contribution is -2.33. The standard InChI is InChI=1S/C30H24F2N4O3/c31-20-11-17(12-21(32)15-20)13-26(35-27(37)16-24-23-7-1-2-9-25(23)36-30(24)39)28-22(8-4-10-34-28)18-5-3-6-19(14-18)29(33)38/h1-12,14-15,24,26H,13,16H2,(H2,33,38)(H,35,37)(H,36,39)/t24-,26-/m0/s1. The highest BCUT2D eigenvalue weighted by atomic mass is 19.1. The number of hydrogen-bond acceptors (Lipinski definition) is 4. The van der Waals surface area contributed by atoms with Gasteiger partial charge in [-0.3, -0.25) is 19.4 Å². The first-order chi connectivity index (χ1) is 18.8. The van der Waals surface area contributed by atoms with Crippen molar-refractivity contribution in [2.75, 3.05) is 5.32 Å². The zero-order valence-corrected chi connectivity index (χ0v) is 20.7. The van der Waals surface area contributed by atoms with Crippen molar-refractivity contribution in [3.63, 3.8) is 0 Å². The Morgan fingerprint density at radius 3 is 2.51 bits per heavy atom. The number of nitrogens with zero attached hydrogens (tertiary/aromatic N) is 1. The first-order valence-electron chi connectivity index (χ1n) is 12.3. The molecule has 39 heavy (non-hydrogen) atoms. The summed E-state index contributed by atoms with van der Waals surface area (Å²) in [7, 11) is 0. The maximum absolute atomic E-state index is 14.0. The third-order valence-electron chi connectivity index (χ3n) is 6.62. The summed E-state index contributed by atoms with van der Waals surface area (Å²) in [6, 6.07) is 19.6. The van der Waals surface area contributed by atoms with Gasteiger partial charge in [0.05, 0.1) is 17.7 Å². The average molecular weight is 527 g/mol. The van der Waals surface area contributed by atoms with Crippen LogP contribution in [0, 0.1) is 11.6 Å². The molecule has 3 amide bonds. The Hall–Kier alpha value is -4.92. The summed E-state index contributed by atoms with van der Waals surface area (Å²) in [4.78, 5) is 42.2. The van der Waals surface area contributed by atoms with E-state index in [-0.39, 0.29) is 18.7 Å². The van der Waals surface area contributed by atoms with Crippen LogP contribution in [0.25, 0.3) is 11.1 Å². The maximum Gasteiger partial charge on any atom is 0.248 e. The fraction of sp³-hybridized carbons (Fsp3) is 0.133. The van der Waals surface area contributed by atoms with E-state index in [1.54, 1.807) is 66.9 Å². The van der Waals surface area contributed by atoms with Crippen LogP contribution in [0.2, 0.25) is 0 Å². The monoisotopic (exact) mass is 526 g/mol. The number of pyridine rings is 1. The molecule has 2 atom stereocenters. The van der Waals surface area contributed by atoms with Crippen molar-refractivity contribution < 1.29 is 23.2 Å². The van der Waals surface area contributed by atoms with Gasteiger partial charge in [-0.15, -0.1) is 0 Å². The number of carbonyl (C=O) groups excluding carboxylic acids is 3. The molecule has 0 saturated heterocycles. The molecule has 4 aromatic rings. The maximum atomic E-state index is 14.0. The molecule has 5 rings (SSSR count). The molecule has 2 heterocycles. The topological polar surface area (TPSA) is 114 Å². The van der Waals surface area contributed by atoms with Gasteiger partial charge in [0.25, 0.3) is 0 Å².